The van der Waals surface area contributed by atoms with Gasteiger partial charge in [-0.25, -0.2) is 8.42 Å². The highest BCUT2D eigenvalue weighted by molar-refractivity contribution is 7.89. The number of aliphatic carboxylic acids is 1. The Bertz CT molecular complexity index is 792. The summed E-state index contributed by atoms with van der Waals surface area (Å²) in [5.41, 5.74) is -0.945. The monoisotopic (exact) mass is 353 g/mol. The van der Waals surface area contributed by atoms with Gasteiger partial charge in [-0.2, -0.15) is 4.31 Å². The third-order valence-electron chi connectivity index (χ3n) is 5.41. The van der Waals surface area contributed by atoms with Crippen molar-refractivity contribution in [2.24, 2.45) is 11.3 Å². The lowest BCUT2D eigenvalue weighted by atomic mass is 9.81. The van der Waals surface area contributed by atoms with E-state index in [0.29, 0.717) is 25.4 Å². The number of fused-ring (bicyclic) bond motifs is 2. The Hall–Kier alpha value is -1.80. The van der Waals surface area contributed by atoms with Crippen LogP contribution in [0.25, 0.3) is 0 Å². The van der Waals surface area contributed by atoms with Crippen molar-refractivity contribution in [2.45, 2.75) is 24.2 Å². The van der Waals surface area contributed by atoms with Crippen LogP contribution in [0.5, 0.6) is 11.5 Å². The first-order valence-electron chi connectivity index (χ1n) is 8.07. The van der Waals surface area contributed by atoms with Gasteiger partial charge in [-0.1, -0.05) is 12.5 Å². The number of nitrogens with zero attached hydrogens (tertiary/aromatic N) is 1. The fraction of sp³-hybridized carbons (Fsp3) is 0.562. The van der Waals surface area contributed by atoms with Crippen LogP contribution in [-0.4, -0.2) is 50.1 Å². The Labute approximate surface area is 140 Å². The molecule has 0 aromatic heterocycles. The summed E-state index contributed by atoms with van der Waals surface area (Å²) >= 11 is 0. The molecule has 2 atom stereocenters. The predicted octanol–water partition coefficient (Wildman–Crippen LogP) is 1.33. The number of carbonyl (C=O) groups is 1. The maximum Gasteiger partial charge on any atom is 0.311 e. The SMILES string of the molecule is O=C(O)[C@@]12CCC[C@H]1CN(S(=O)(=O)c1cccc3c1OCCO3)C2. The van der Waals surface area contributed by atoms with E-state index in [1.54, 1.807) is 12.1 Å². The molecule has 8 heteroatoms. The zero-order chi connectivity index (χ0) is 16.9. The van der Waals surface area contributed by atoms with Gasteiger partial charge >= 0.3 is 5.97 Å². The topological polar surface area (TPSA) is 93.1 Å². The minimum absolute atomic E-state index is 0.0276. The molecule has 130 valence electrons. The van der Waals surface area contributed by atoms with E-state index < -0.39 is 21.4 Å². The summed E-state index contributed by atoms with van der Waals surface area (Å²) in [5.74, 6) is -0.376. The van der Waals surface area contributed by atoms with E-state index in [9.17, 15) is 18.3 Å². The smallest absolute Gasteiger partial charge is 0.311 e. The maximum absolute atomic E-state index is 13.1. The van der Waals surface area contributed by atoms with Gasteiger partial charge in [-0.15, -0.1) is 0 Å². The van der Waals surface area contributed by atoms with Crippen LogP contribution in [0.2, 0.25) is 0 Å². The third kappa shape index (κ3) is 2.12. The molecule has 1 saturated carbocycles. The summed E-state index contributed by atoms with van der Waals surface area (Å²) < 4.78 is 38.5. The molecule has 1 aliphatic carbocycles. The van der Waals surface area contributed by atoms with Crippen molar-refractivity contribution in [3.05, 3.63) is 18.2 Å². The van der Waals surface area contributed by atoms with Crippen LogP contribution in [0, 0.1) is 11.3 Å². The molecule has 1 aromatic rings. The maximum atomic E-state index is 13.1. The van der Waals surface area contributed by atoms with Crippen molar-refractivity contribution in [2.75, 3.05) is 26.3 Å². The van der Waals surface area contributed by atoms with Gasteiger partial charge < -0.3 is 14.6 Å². The zero-order valence-electron chi connectivity index (χ0n) is 13.1. The molecular formula is C16H19NO6S. The Morgan fingerprint density at radius 2 is 2.08 bits per heavy atom. The number of sulfonamides is 1. The number of benzene rings is 1. The van der Waals surface area contributed by atoms with E-state index in [4.69, 9.17) is 9.47 Å². The van der Waals surface area contributed by atoms with Gasteiger partial charge in [0.2, 0.25) is 10.0 Å². The lowest BCUT2D eigenvalue weighted by Crippen LogP contribution is -2.37. The second-order valence-corrected chi connectivity index (χ2v) is 8.53. The van der Waals surface area contributed by atoms with Crippen molar-refractivity contribution in [3.8, 4) is 11.5 Å². The number of para-hydroxylation sites is 1. The van der Waals surface area contributed by atoms with Gasteiger partial charge in [0.05, 0.1) is 5.41 Å². The molecule has 3 aliphatic rings. The minimum atomic E-state index is -3.83. The summed E-state index contributed by atoms with van der Waals surface area (Å²) in [5, 5.41) is 9.65. The lowest BCUT2D eigenvalue weighted by molar-refractivity contribution is -0.149. The van der Waals surface area contributed by atoms with Crippen molar-refractivity contribution >= 4 is 16.0 Å². The molecule has 1 N–H and O–H groups in total. The fourth-order valence-electron chi connectivity index (χ4n) is 4.17. The second kappa shape index (κ2) is 5.35. The first kappa shape index (κ1) is 15.7. The van der Waals surface area contributed by atoms with Gasteiger partial charge in [0.15, 0.2) is 11.5 Å². The van der Waals surface area contributed by atoms with Crippen molar-refractivity contribution in [3.63, 3.8) is 0 Å². The Balaban J connectivity index is 1.71. The molecule has 24 heavy (non-hydrogen) atoms. The van der Waals surface area contributed by atoms with Crippen LogP contribution in [-0.2, 0) is 14.8 Å². The van der Waals surface area contributed by atoms with Gasteiger partial charge in [0.1, 0.15) is 18.1 Å². The van der Waals surface area contributed by atoms with Crippen LogP contribution in [0.1, 0.15) is 19.3 Å². The van der Waals surface area contributed by atoms with Crippen molar-refractivity contribution in [1.29, 1.82) is 0 Å². The Morgan fingerprint density at radius 1 is 1.29 bits per heavy atom. The number of ether oxygens (including phenoxy) is 2. The first-order valence-corrected chi connectivity index (χ1v) is 9.51. The van der Waals surface area contributed by atoms with E-state index in [0.717, 1.165) is 12.8 Å². The summed E-state index contributed by atoms with van der Waals surface area (Å²) in [6, 6.07) is 4.78. The number of carboxylic acids is 1. The summed E-state index contributed by atoms with van der Waals surface area (Å²) in [7, 11) is -3.83. The fourth-order valence-corrected chi connectivity index (χ4v) is 5.86. The van der Waals surface area contributed by atoms with E-state index in [1.807, 2.05) is 0 Å². The van der Waals surface area contributed by atoms with Crippen LogP contribution in [0.4, 0.5) is 0 Å². The van der Waals surface area contributed by atoms with Gasteiger partial charge in [-0.3, -0.25) is 4.79 Å². The molecule has 0 unspecified atom stereocenters. The number of hydrogen-bond donors (Lipinski definition) is 1. The van der Waals surface area contributed by atoms with Crippen LogP contribution in [0.15, 0.2) is 23.1 Å². The summed E-state index contributed by atoms with van der Waals surface area (Å²) in [6.45, 7) is 0.949. The molecule has 0 radical (unpaired) electrons. The summed E-state index contributed by atoms with van der Waals surface area (Å²) in [6.07, 6.45) is 2.12. The molecule has 2 fully saturated rings. The van der Waals surface area contributed by atoms with Gasteiger partial charge in [-0.05, 0) is 30.9 Å². The standard InChI is InChI=1S/C16H19NO6S/c18-15(19)16-6-2-3-11(16)9-17(10-16)24(20,21)13-5-1-4-12-14(13)23-8-7-22-12/h1,4-5,11H,2-3,6-10H2,(H,18,19)/t11-,16+/m0/s1. The number of rotatable bonds is 3. The quantitative estimate of drug-likeness (QED) is 0.881. The average molecular weight is 353 g/mol. The van der Waals surface area contributed by atoms with Crippen molar-refractivity contribution < 1.29 is 27.8 Å². The predicted molar refractivity (Wildman–Crippen MR) is 83.6 cm³/mol. The molecule has 2 aliphatic heterocycles. The molecule has 0 bridgehead atoms. The highest BCUT2D eigenvalue weighted by atomic mass is 32.2. The largest absolute Gasteiger partial charge is 0.486 e. The van der Waals surface area contributed by atoms with E-state index in [-0.39, 0.29) is 29.7 Å². The van der Waals surface area contributed by atoms with Crippen LogP contribution >= 0.6 is 0 Å². The number of hydrogen-bond acceptors (Lipinski definition) is 5. The molecule has 1 aromatic carbocycles. The zero-order valence-corrected chi connectivity index (χ0v) is 13.9. The Kier molecular flexibility index (Phi) is 3.50. The third-order valence-corrected chi connectivity index (χ3v) is 7.25. The highest BCUT2D eigenvalue weighted by Gasteiger charge is 2.57. The van der Waals surface area contributed by atoms with Crippen LogP contribution in [0.3, 0.4) is 0 Å². The van der Waals surface area contributed by atoms with E-state index in [1.165, 1.54) is 10.4 Å². The first-order chi connectivity index (χ1) is 11.4. The lowest BCUT2D eigenvalue weighted by Gasteiger charge is -2.25. The highest BCUT2D eigenvalue weighted by Crippen LogP contribution is 2.50. The molecule has 0 amide bonds. The molecule has 2 heterocycles. The molecule has 4 rings (SSSR count). The van der Waals surface area contributed by atoms with E-state index in [2.05, 4.69) is 0 Å². The average Bonchev–Trinajstić information content (AvgIpc) is 3.13. The van der Waals surface area contributed by atoms with E-state index >= 15 is 0 Å². The molecule has 1 saturated heterocycles. The second-order valence-electron chi connectivity index (χ2n) is 6.63. The normalized spacial score (nSPS) is 29.4. The van der Waals surface area contributed by atoms with Crippen molar-refractivity contribution in [1.82, 2.24) is 4.31 Å². The molecule has 0 spiro atoms. The van der Waals surface area contributed by atoms with Gasteiger partial charge in [0, 0.05) is 13.1 Å². The molecular weight excluding hydrogens is 334 g/mol. The minimum Gasteiger partial charge on any atom is -0.486 e. The van der Waals surface area contributed by atoms with Gasteiger partial charge in [0.25, 0.3) is 0 Å². The molecule has 7 nitrogen and oxygen atoms in total. The Morgan fingerprint density at radius 3 is 2.83 bits per heavy atom. The summed E-state index contributed by atoms with van der Waals surface area (Å²) in [4.78, 5) is 11.8. The van der Waals surface area contributed by atoms with Crippen LogP contribution < -0.4 is 9.47 Å². The number of carboxylic acid groups (broad SMARTS) is 1.